The van der Waals surface area contributed by atoms with Gasteiger partial charge in [-0.3, -0.25) is 4.79 Å². The summed E-state index contributed by atoms with van der Waals surface area (Å²) in [6, 6.07) is 16.3. The first kappa shape index (κ1) is 11.0. The SMILES string of the molecule is O=C(O)CC1c2ccccc2Cc2ccccc21. The van der Waals surface area contributed by atoms with Crippen LogP contribution in [0.3, 0.4) is 0 Å². The normalized spacial score (nSPS) is 13.8. The molecular weight excluding hydrogens is 224 g/mol. The second kappa shape index (κ2) is 4.30. The van der Waals surface area contributed by atoms with E-state index in [4.69, 9.17) is 5.11 Å². The average Bonchev–Trinajstić information content (AvgIpc) is 2.38. The summed E-state index contributed by atoms with van der Waals surface area (Å²) >= 11 is 0. The van der Waals surface area contributed by atoms with Crippen molar-refractivity contribution in [1.82, 2.24) is 0 Å². The van der Waals surface area contributed by atoms with Crippen LogP contribution >= 0.6 is 0 Å². The third kappa shape index (κ3) is 1.80. The van der Waals surface area contributed by atoms with Gasteiger partial charge in [-0.05, 0) is 28.7 Å². The number of hydrogen-bond acceptors (Lipinski definition) is 1. The highest BCUT2D eigenvalue weighted by atomic mass is 16.4. The van der Waals surface area contributed by atoms with Crippen LogP contribution in [-0.2, 0) is 11.2 Å². The Morgan fingerprint density at radius 1 is 1.00 bits per heavy atom. The number of carboxylic acid groups (broad SMARTS) is 1. The predicted molar refractivity (Wildman–Crippen MR) is 69.8 cm³/mol. The van der Waals surface area contributed by atoms with Gasteiger partial charge in [-0.15, -0.1) is 0 Å². The second-order valence-electron chi connectivity index (χ2n) is 4.72. The van der Waals surface area contributed by atoms with Crippen molar-refractivity contribution >= 4 is 5.97 Å². The van der Waals surface area contributed by atoms with Crippen LogP contribution in [0.4, 0.5) is 0 Å². The number of aliphatic carboxylic acids is 1. The molecule has 0 saturated carbocycles. The summed E-state index contributed by atoms with van der Waals surface area (Å²) in [5.41, 5.74) is 4.84. The van der Waals surface area contributed by atoms with Crippen LogP contribution in [-0.4, -0.2) is 11.1 Å². The van der Waals surface area contributed by atoms with Crippen LogP contribution in [0, 0.1) is 0 Å². The smallest absolute Gasteiger partial charge is 0.304 e. The third-order valence-electron chi connectivity index (χ3n) is 3.62. The molecule has 0 heterocycles. The molecule has 90 valence electrons. The standard InChI is InChI=1S/C16H14O2/c17-16(18)10-15-13-7-3-1-5-11(13)9-12-6-2-4-8-14(12)15/h1-8,15H,9-10H2,(H,17,18). The van der Waals surface area contributed by atoms with Gasteiger partial charge in [0.1, 0.15) is 0 Å². The Labute approximate surface area is 106 Å². The minimum atomic E-state index is -0.744. The summed E-state index contributed by atoms with van der Waals surface area (Å²) in [6.07, 6.45) is 1.07. The van der Waals surface area contributed by atoms with Crippen molar-refractivity contribution in [3.8, 4) is 0 Å². The van der Waals surface area contributed by atoms with Gasteiger partial charge >= 0.3 is 5.97 Å². The van der Waals surface area contributed by atoms with Crippen LogP contribution in [0.5, 0.6) is 0 Å². The molecule has 18 heavy (non-hydrogen) atoms. The zero-order valence-electron chi connectivity index (χ0n) is 9.97. The lowest BCUT2D eigenvalue weighted by atomic mass is 9.77. The lowest BCUT2D eigenvalue weighted by Crippen LogP contribution is -2.16. The minimum absolute atomic E-state index is 0.0105. The second-order valence-corrected chi connectivity index (χ2v) is 4.72. The molecule has 2 nitrogen and oxygen atoms in total. The summed E-state index contributed by atoms with van der Waals surface area (Å²) in [4.78, 5) is 11.1. The van der Waals surface area contributed by atoms with Crippen molar-refractivity contribution in [2.75, 3.05) is 0 Å². The zero-order valence-corrected chi connectivity index (χ0v) is 9.97. The van der Waals surface area contributed by atoms with E-state index in [1.54, 1.807) is 0 Å². The molecule has 0 saturated heterocycles. The van der Waals surface area contributed by atoms with Gasteiger partial charge in [-0.1, -0.05) is 48.5 Å². The van der Waals surface area contributed by atoms with Gasteiger partial charge in [0.25, 0.3) is 0 Å². The molecule has 0 atom stereocenters. The molecule has 2 heteroatoms. The van der Waals surface area contributed by atoms with Crippen molar-refractivity contribution in [2.45, 2.75) is 18.8 Å². The molecular formula is C16H14O2. The maximum atomic E-state index is 11.1. The molecule has 0 unspecified atom stereocenters. The van der Waals surface area contributed by atoms with E-state index in [9.17, 15) is 4.79 Å². The maximum Gasteiger partial charge on any atom is 0.304 e. The van der Waals surface area contributed by atoms with Crippen LogP contribution in [0.2, 0.25) is 0 Å². The van der Waals surface area contributed by atoms with Gasteiger partial charge < -0.3 is 5.11 Å². The Balaban J connectivity index is 2.14. The lowest BCUT2D eigenvalue weighted by Gasteiger charge is -2.27. The summed E-state index contributed by atoms with van der Waals surface area (Å²) in [5.74, 6) is -0.754. The fraction of sp³-hybridized carbons (Fsp3) is 0.188. The van der Waals surface area contributed by atoms with Crippen LogP contribution < -0.4 is 0 Å². The molecule has 0 aromatic heterocycles. The molecule has 2 aromatic rings. The quantitative estimate of drug-likeness (QED) is 0.872. The number of carboxylic acids is 1. The number of carbonyl (C=O) groups is 1. The fourth-order valence-electron chi connectivity index (χ4n) is 2.84. The Morgan fingerprint density at radius 2 is 1.50 bits per heavy atom. The Bertz CT molecular complexity index is 556. The van der Waals surface area contributed by atoms with E-state index in [-0.39, 0.29) is 12.3 Å². The van der Waals surface area contributed by atoms with Crippen LogP contribution in [0.1, 0.15) is 34.6 Å². The van der Waals surface area contributed by atoms with Crippen molar-refractivity contribution in [2.24, 2.45) is 0 Å². The van der Waals surface area contributed by atoms with Gasteiger partial charge in [0, 0.05) is 5.92 Å². The van der Waals surface area contributed by atoms with Crippen LogP contribution in [0.15, 0.2) is 48.5 Å². The van der Waals surface area contributed by atoms with E-state index in [0.29, 0.717) is 0 Å². The van der Waals surface area contributed by atoms with Gasteiger partial charge in [-0.25, -0.2) is 0 Å². The monoisotopic (exact) mass is 238 g/mol. The molecule has 0 radical (unpaired) electrons. The molecule has 3 rings (SSSR count). The van der Waals surface area contributed by atoms with E-state index < -0.39 is 5.97 Å². The fourth-order valence-corrected chi connectivity index (χ4v) is 2.84. The number of fused-ring (bicyclic) bond motifs is 2. The summed E-state index contributed by atoms with van der Waals surface area (Å²) in [5, 5.41) is 9.12. The van der Waals surface area contributed by atoms with Gasteiger partial charge in [0.15, 0.2) is 0 Å². The molecule has 0 bridgehead atoms. The average molecular weight is 238 g/mol. The van der Waals surface area contributed by atoms with Crippen molar-refractivity contribution in [3.63, 3.8) is 0 Å². The molecule has 0 spiro atoms. The van der Waals surface area contributed by atoms with Gasteiger partial charge in [0.05, 0.1) is 6.42 Å². The molecule has 0 fully saturated rings. The first-order valence-electron chi connectivity index (χ1n) is 6.13. The van der Waals surface area contributed by atoms with Crippen LogP contribution in [0.25, 0.3) is 0 Å². The summed E-state index contributed by atoms with van der Waals surface area (Å²) in [7, 11) is 0. The zero-order chi connectivity index (χ0) is 12.5. The summed E-state index contributed by atoms with van der Waals surface area (Å²) in [6.45, 7) is 0. The maximum absolute atomic E-state index is 11.1. The summed E-state index contributed by atoms with van der Waals surface area (Å²) < 4.78 is 0. The largest absolute Gasteiger partial charge is 0.481 e. The first-order chi connectivity index (χ1) is 8.75. The van der Waals surface area contributed by atoms with Gasteiger partial charge in [-0.2, -0.15) is 0 Å². The van der Waals surface area contributed by atoms with E-state index >= 15 is 0 Å². The first-order valence-corrected chi connectivity index (χ1v) is 6.13. The molecule has 1 aliphatic rings. The molecule has 1 N–H and O–H groups in total. The van der Waals surface area contributed by atoms with Crippen molar-refractivity contribution in [3.05, 3.63) is 70.8 Å². The Morgan fingerprint density at radius 3 is 2.00 bits per heavy atom. The number of rotatable bonds is 2. The minimum Gasteiger partial charge on any atom is -0.481 e. The lowest BCUT2D eigenvalue weighted by molar-refractivity contribution is -0.137. The predicted octanol–water partition coefficient (Wildman–Crippen LogP) is 3.20. The van der Waals surface area contributed by atoms with E-state index in [1.807, 2.05) is 24.3 Å². The van der Waals surface area contributed by atoms with Crippen molar-refractivity contribution < 1.29 is 9.90 Å². The molecule has 0 amide bonds. The van der Waals surface area contributed by atoms with E-state index in [2.05, 4.69) is 24.3 Å². The van der Waals surface area contributed by atoms with Crippen molar-refractivity contribution in [1.29, 1.82) is 0 Å². The molecule has 1 aliphatic carbocycles. The van der Waals surface area contributed by atoms with Gasteiger partial charge in [0.2, 0.25) is 0 Å². The van der Waals surface area contributed by atoms with E-state index in [0.717, 1.165) is 6.42 Å². The Hall–Kier alpha value is -2.09. The highest BCUT2D eigenvalue weighted by Gasteiger charge is 2.26. The topological polar surface area (TPSA) is 37.3 Å². The molecule has 0 aliphatic heterocycles. The number of benzene rings is 2. The number of hydrogen-bond donors (Lipinski definition) is 1. The third-order valence-corrected chi connectivity index (χ3v) is 3.62. The molecule has 2 aromatic carbocycles. The van der Waals surface area contributed by atoms with E-state index in [1.165, 1.54) is 22.3 Å². The highest BCUT2D eigenvalue weighted by Crippen LogP contribution is 2.38. The highest BCUT2D eigenvalue weighted by molar-refractivity contribution is 5.70. The Kier molecular flexibility index (Phi) is 2.63.